The van der Waals surface area contributed by atoms with Crippen LogP contribution in [0.3, 0.4) is 0 Å². The molecule has 0 aliphatic carbocycles. The molecular weight excluding hydrogens is 218 g/mol. The van der Waals surface area contributed by atoms with Gasteiger partial charge in [-0.2, -0.15) is 5.10 Å². The molecule has 0 aliphatic rings. The number of hydrogen-bond acceptors (Lipinski definition) is 2. The number of aryl methyl sites for hydroxylation is 1. The van der Waals surface area contributed by atoms with Crippen LogP contribution in [0.15, 0.2) is 22.8 Å². The van der Waals surface area contributed by atoms with Gasteiger partial charge in [0, 0.05) is 13.2 Å². The fraction of sp³-hybridized carbons (Fsp3) is 0.375. The van der Waals surface area contributed by atoms with Crippen molar-refractivity contribution in [3.63, 3.8) is 0 Å². The molecule has 0 saturated carbocycles. The Bertz CT molecular complexity index is 290. The van der Waals surface area contributed by atoms with Gasteiger partial charge < -0.3 is 5.73 Å². The first-order chi connectivity index (χ1) is 5.65. The number of nitrogens with zero attached hydrogens (tertiary/aromatic N) is 2. The van der Waals surface area contributed by atoms with Gasteiger partial charge in [0.05, 0.1) is 16.2 Å². The molecule has 2 N–H and O–H groups in total. The highest BCUT2D eigenvalue weighted by Crippen LogP contribution is 2.20. The van der Waals surface area contributed by atoms with Crippen molar-refractivity contribution in [1.29, 1.82) is 0 Å². The molecule has 1 rings (SSSR count). The van der Waals surface area contributed by atoms with Gasteiger partial charge in [-0.15, -0.1) is 0 Å². The lowest BCUT2D eigenvalue weighted by molar-refractivity contribution is 0.723. The van der Waals surface area contributed by atoms with Crippen LogP contribution >= 0.6 is 15.9 Å². The maximum atomic E-state index is 5.83. The summed E-state index contributed by atoms with van der Waals surface area (Å²) in [4.78, 5) is 0. The SMILES string of the molecule is C/C=C/C(N)c1nn(C)cc1Br. The van der Waals surface area contributed by atoms with Crippen LogP contribution in [0.25, 0.3) is 0 Å². The molecule has 0 aliphatic heterocycles. The molecule has 3 nitrogen and oxygen atoms in total. The van der Waals surface area contributed by atoms with Crippen molar-refractivity contribution in [3.05, 3.63) is 28.5 Å². The molecule has 0 bridgehead atoms. The van der Waals surface area contributed by atoms with Gasteiger partial charge in [-0.05, 0) is 22.9 Å². The molecule has 1 unspecified atom stereocenters. The summed E-state index contributed by atoms with van der Waals surface area (Å²) in [6.07, 6.45) is 5.72. The van der Waals surface area contributed by atoms with Crippen molar-refractivity contribution in [2.75, 3.05) is 0 Å². The van der Waals surface area contributed by atoms with Gasteiger partial charge in [-0.1, -0.05) is 12.2 Å². The second-order valence-corrected chi connectivity index (χ2v) is 3.44. The van der Waals surface area contributed by atoms with Gasteiger partial charge in [0.15, 0.2) is 0 Å². The molecule has 4 heteroatoms. The Hall–Kier alpha value is -0.610. The van der Waals surface area contributed by atoms with Crippen molar-refractivity contribution in [1.82, 2.24) is 9.78 Å². The van der Waals surface area contributed by atoms with Gasteiger partial charge in [0.2, 0.25) is 0 Å². The van der Waals surface area contributed by atoms with Crippen LogP contribution < -0.4 is 5.73 Å². The zero-order valence-corrected chi connectivity index (χ0v) is 8.75. The van der Waals surface area contributed by atoms with Crippen LogP contribution in [-0.2, 0) is 7.05 Å². The monoisotopic (exact) mass is 229 g/mol. The van der Waals surface area contributed by atoms with Crippen molar-refractivity contribution >= 4 is 15.9 Å². The van der Waals surface area contributed by atoms with Gasteiger partial charge in [-0.3, -0.25) is 4.68 Å². The summed E-state index contributed by atoms with van der Waals surface area (Å²) < 4.78 is 2.69. The summed E-state index contributed by atoms with van der Waals surface area (Å²) in [6, 6.07) is -0.120. The fourth-order valence-corrected chi connectivity index (χ4v) is 1.64. The zero-order chi connectivity index (χ0) is 9.14. The topological polar surface area (TPSA) is 43.8 Å². The third-order valence-corrected chi connectivity index (χ3v) is 2.14. The third kappa shape index (κ3) is 1.95. The molecule has 1 atom stereocenters. The van der Waals surface area contributed by atoms with Gasteiger partial charge in [-0.25, -0.2) is 0 Å². The molecule has 0 spiro atoms. The first-order valence-electron chi connectivity index (χ1n) is 3.72. The van der Waals surface area contributed by atoms with E-state index in [9.17, 15) is 0 Å². The van der Waals surface area contributed by atoms with E-state index in [1.807, 2.05) is 32.3 Å². The number of halogens is 1. The molecule has 1 aromatic rings. The molecule has 12 heavy (non-hydrogen) atoms. The molecule has 1 aromatic heterocycles. The summed E-state index contributed by atoms with van der Waals surface area (Å²) in [6.45, 7) is 1.94. The Labute approximate surface area is 80.4 Å². The van der Waals surface area contributed by atoms with Gasteiger partial charge in [0.1, 0.15) is 0 Å². The maximum absolute atomic E-state index is 5.83. The van der Waals surface area contributed by atoms with Crippen molar-refractivity contribution in [2.24, 2.45) is 12.8 Å². The van der Waals surface area contributed by atoms with Crippen molar-refractivity contribution in [3.8, 4) is 0 Å². The summed E-state index contributed by atoms with van der Waals surface area (Å²) in [5.41, 5.74) is 6.70. The quantitative estimate of drug-likeness (QED) is 0.786. The van der Waals surface area contributed by atoms with Gasteiger partial charge >= 0.3 is 0 Å². The lowest BCUT2D eigenvalue weighted by Crippen LogP contribution is -2.08. The van der Waals surface area contributed by atoms with E-state index in [4.69, 9.17) is 5.73 Å². The predicted octanol–water partition coefficient (Wildman–Crippen LogP) is 1.76. The van der Waals surface area contributed by atoms with E-state index in [-0.39, 0.29) is 6.04 Å². The maximum Gasteiger partial charge on any atom is 0.0972 e. The zero-order valence-electron chi connectivity index (χ0n) is 7.16. The molecule has 1 heterocycles. The minimum atomic E-state index is -0.120. The number of aromatic nitrogens is 2. The van der Waals surface area contributed by atoms with E-state index in [1.54, 1.807) is 4.68 Å². The molecular formula is C8H12BrN3. The van der Waals surface area contributed by atoms with Crippen LogP contribution in [0.1, 0.15) is 18.7 Å². The third-order valence-electron chi connectivity index (χ3n) is 1.53. The molecule has 0 fully saturated rings. The van der Waals surface area contributed by atoms with Crippen molar-refractivity contribution < 1.29 is 0 Å². The predicted molar refractivity (Wildman–Crippen MR) is 52.7 cm³/mol. The van der Waals surface area contributed by atoms with Crippen LogP contribution in [0.5, 0.6) is 0 Å². The normalized spacial score (nSPS) is 14.0. The highest BCUT2D eigenvalue weighted by Gasteiger charge is 2.09. The van der Waals surface area contributed by atoms with E-state index < -0.39 is 0 Å². The lowest BCUT2D eigenvalue weighted by atomic mass is 10.2. The average Bonchev–Trinajstić information content (AvgIpc) is 2.30. The molecule has 0 radical (unpaired) electrons. The van der Waals surface area contributed by atoms with Crippen LogP contribution in [0.4, 0.5) is 0 Å². The molecule has 0 saturated heterocycles. The highest BCUT2D eigenvalue weighted by atomic mass is 79.9. The van der Waals surface area contributed by atoms with E-state index in [0.29, 0.717) is 0 Å². The van der Waals surface area contributed by atoms with Crippen LogP contribution in [-0.4, -0.2) is 9.78 Å². The Morgan fingerprint density at radius 2 is 2.42 bits per heavy atom. The Kier molecular flexibility index (Phi) is 3.05. The summed E-state index contributed by atoms with van der Waals surface area (Å²) >= 11 is 3.39. The number of allylic oxidation sites excluding steroid dienone is 1. The Balaban J connectivity index is 2.93. The largest absolute Gasteiger partial charge is 0.319 e. The standard InChI is InChI=1S/C8H12BrN3/c1-3-4-7(10)8-6(9)5-12(2)11-8/h3-5,7H,10H2,1-2H3/b4-3+. The fourth-order valence-electron chi connectivity index (χ4n) is 1.00. The first-order valence-corrected chi connectivity index (χ1v) is 4.52. The van der Waals surface area contributed by atoms with Crippen LogP contribution in [0, 0.1) is 0 Å². The number of hydrogen-bond donors (Lipinski definition) is 1. The van der Waals surface area contributed by atoms with E-state index in [2.05, 4.69) is 21.0 Å². The van der Waals surface area contributed by atoms with Crippen molar-refractivity contribution in [2.45, 2.75) is 13.0 Å². The van der Waals surface area contributed by atoms with Gasteiger partial charge in [0.25, 0.3) is 0 Å². The first kappa shape index (κ1) is 9.48. The molecule has 0 amide bonds. The lowest BCUT2D eigenvalue weighted by Gasteiger charge is -2.01. The minimum Gasteiger partial charge on any atom is -0.319 e. The molecule has 0 aromatic carbocycles. The van der Waals surface area contributed by atoms with Crippen LogP contribution in [0.2, 0.25) is 0 Å². The number of nitrogens with two attached hydrogens (primary N) is 1. The Morgan fingerprint density at radius 1 is 1.75 bits per heavy atom. The highest BCUT2D eigenvalue weighted by molar-refractivity contribution is 9.10. The van der Waals surface area contributed by atoms with E-state index in [1.165, 1.54) is 0 Å². The second kappa shape index (κ2) is 3.87. The number of rotatable bonds is 2. The summed E-state index contributed by atoms with van der Waals surface area (Å²) in [5, 5.41) is 4.22. The van der Waals surface area contributed by atoms with E-state index >= 15 is 0 Å². The minimum absolute atomic E-state index is 0.120. The Morgan fingerprint density at radius 3 is 2.83 bits per heavy atom. The summed E-state index contributed by atoms with van der Waals surface area (Å²) in [7, 11) is 1.87. The second-order valence-electron chi connectivity index (χ2n) is 2.59. The smallest absolute Gasteiger partial charge is 0.0972 e. The molecule has 66 valence electrons. The van der Waals surface area contributed by atoms with E-state index in [0.717, 1.165) is 10.2 Å². The average molecular weight is 230 g/mol. The summed E-state index contributed by atoms with van der Waals surface area (Å²) in [5.74, 6) is 0.